The van der Waals surface area contributed by atoms with E-state index in [4.69, 9.17) is 0 Å². The zero-order valence-electron chi connectivity index (χ0n) is 25.3. The number of ketones is 1. The lowest BCUT2D eigenvalue weighted by Gasteiger charge is -2.23. The number of urea groups is 1. The zero-order valence-corrected chi connectivity index (χ0v) is 25.3. The van der Waals surface area contributed by atoms with Crippen LogP contribution in [0.4, 0.5) is 16.2 Å². The van der Waals surface area contributed by atoms with Crippen LogP contribution in [0.5, 0.6) is 0 Å². The highest BCUT2D eigenvalue weighted by molar-refractivity contribution is 5.99. The molecule has 0 radical (unpaired) electrons. The van der Waals surface area contributed by atoms with Gasteiger partial charge in [0.05, 0.1) is 5.52 Å². The number of likely N-dealkylation sites (tertiary alicyclic amines) is 1. The summed E-state index contributed by atoms with van der Waals surface area (Å²) in [5.41, 5.74) is 7.34. The molecule has 6 heteroatoms. The molecule has 2 amide bonds. The Morgan fingerprint density at radius 2 is 1.59 bits per heavy atom. The predicted octanol–water partition coefficient (Wildman–Crippen LogP) is 8.73. The fourth-order valence-electron chi connectivity index (χ4n) is 5.08. The lowest BCUT2D eigenvalue weighted by molar-refractivity contribution is 0.0850. The second-order valence-corrected chi connectivity index (χ2v) is 11.8. The van der Waals surface area contributed by atoms with Crippen LogP contribution in [-0.2, 0) is 0 Å². The minimum Gasteiger partial charge on any atom is -0.388 e. The van der Waals surface area contributed by atoms with E-state index >= 15 is 0 Å². The van der Waals surface area contributed by atoms with E-state index in [-0.39, 0.29) is 17.7 Å². The quantitative estimate of drug-likeness (QED) is 0.244. The molecular weight excluding hydrogens is 508 g/mol. The Morgan fingerprint density at radius 1 is 0.927 bits per heavy atom. The van der Waals surface area contributed by atoms with Gasteiger partial charge in [-0.3, -0.25) is 4.79 Å². The highest BCUT2D eigenvalue weighted by Gasteiger charge is 2.27. The zero-order chi connectivity index (χ0) is 29.4. The molecule has 2 N–H and O–H groups in total. The Balaban J connectivity index is 0.000000162. The number of carbonyl (C=O) groups excluding carboxylic acids is 2. The van der Waals surface area contributed by atoms with Crippen LogP contribution in [0.3, 0.4) is 0 Å². The minimum atomic E-state index is 0.0276. The lowest BCUT2D eigenvalue weighted by atomic mass is 9.81. The van der Waals surface area contributed by atoms with Crippen LogP contribution >= 0.6 is 0 Å². The van der Waals surface area contributed by atoms with Crippen molar-refractivity contribution in [1.82, 2.24) is 9.88 Å². The van der Waals surface area contributed by atoms with E-state index in [2.05, 4.69) is 60.3 Å². The van der Waals surface area contributed by atoms with E-state index in [0.29, 0.717) is 11.6 Å². The minimum absolute atomic E-state index is 0.0276. The average Bonchev–Trinajstić information content (AvgIpc) is 3.47. The van der Waals surface area contributed by atoms with Gasteiger partial charge in [0.2, 0.25) is 0 Å². The number of fused-ring (bicyclic) bond motifs is 1. The first-order valence-corrected chi connectivity index (χ1v) is 15.2. The van der Waals surface area contributed by atoms with Crippen LogP contribution < -0.4 is 10.6 Å². The number of aryl methyl sites for hydroxylation is 1. The summed E-state index contributed by atoms with van der Waals surface area (Å²) in [6.07, 6.45) is 9.44. The van der Waals surface area contributed by atoms with Crippen LogP contribution in [-0.4, -0.2) is 41.8 Å². The molecule has 41 heavy (non-hydrogen) atoms. The maximum Gasteiger partial charge on any atom is 0.321 e. The molecule has 1 saturated heterocycles. The summed E-state index contributed by atoms with van der Waals surface area (Å²) in [6.45, 7) is 11.9. The molecular formula is C35H46N4O2. The first-order valence-electron chi connectivity index (χ1n) is 15.2. The van der Waals surface area contributed by atoms with E-state index in [1.807, 2.05) is 43.1 Å². The number of allylic oxidation sites excluding steroid dienone is 1. The molecule has 3 fully saturated rings. The largest absolute Gasteiger partial charge is 0.388 e. The number of nitrogens with one attached hydrogen (secondary N) is 2. The maximum atomic E-state index is 12.2. The van der Waals surface area contributed by atoms with Crippen LogP contribution in [0, 0.1) is 12.8 Å². The van der Waals surface area contributed by atoms with Gasteiger partial charge in [-0.05, 0) is 99.2 Å². The molecule has 1 aromatic heterocycles. The number of aromatic nitrogens is 1. The SMILES string of the molecule is C=C1CCC1.CC(C)c1ccc(NC(=O)N2CCCC2)cc1.CNc1cc(C)c2nc(C(=O)C3CCC3)ccc2c1. The number of amides is 2. The van der Waals surface area contributed by atoms with Crippen molar-refractivity contribution in [1.29, 1.82) is 0 Å². The summed E-state index contributed by atoms with van der Waals surface area (Å²) >= 11 is 0. The number of pyridine rings is 1. The fourth-order valence-corrected chi connectivity index (χ4v) is 5.08. The summed E-state index contributed by atoms with van der Waals surface area (Å²) < 4.78 is 0. The number of hydrogen-bond acceptors (Lipinski definition) is 4. The molecule has 0 spiro atoms. The standard InChI is InChI=1S/C16H18N2O.C14H20N2O.C5H8/c1-10-8-13(17-2)9-12-6-7-14(18-15(10)12)16(19)11-4-3-5-11;1-11(2)12-5-7-13(8-6-12)15-14(17)16-9-3-4-10-16;1-5-3-2-4-5/h6-9,11,17H,3-5H2,1-2H3;5-8,11H,3-4,9-10H2,1-2H3,(H,15,17);1-4H2. The molecule has 218 valence electrons. The highest BCUT2D eigenvalue weighted by atomic mass is 16.2. The summed E-state index contributed by atoms with van der Waals surface area (Å²) in [6, 6.07) is 16.1. The Labute approximate surface area is 245 Å². The van der Waals surface area contributed by atoms with Gasteiger partial charge in [-0.1, -0.05) is 50.6 Å². The highest BCUT2D eigenvalue weighted by Crippen LogP contribution is 2.30. The molecule has 2 aromatic carbocycles. The summed E-state index contributed by atoms with van der Waals surface area (Å²) in [5.74, 6) is 0.949. The lowest BCUT2D eigenvalue weighted by Crippen LogP contribution is -2.32. The molecule has 1 aliphatic heterocycles. The molecule has 2 aliphatic carbocycles. The number of nitrogens with zero attached hydrogens (tertiary/aromatic N) is 2. The number of benzene rings is 2. The van der Waals surface area contributed by atoms with Crippen molar-refractivity contribution in [2.45, 2.75) is 78.1 Å². The summed E-state index contributed by atoms with van der Waals surface area (Å²) in [7, 11) is 1.91. The molecule has 6 rings (SSSR count). The van der Waals surface area contributed by atoms with Crippen LogP contribution in [0.2, 0.25) is 0 Å². The third-order valence-corrected chi connectivity index (χ3v) is 8.28. The van der Waals surface area contributed by atoms with Gasteiger partial charge in [-0.25, -0.2) is 9.78 Å². The topological polar surface area (TPSA) is 74.3 Å². The van der Waals surface area contributed by atoms with Crippen molar-refractivity contribution in [3.8, 4) is 0 Å². The third-order valence-electron chi connectivity index (χ3n) is 8.28. The first-order chi connectivity index (χ1) is 19.7. The fraction of sp³-hybridized carbons (Fsp3) is 0.457. The number of carbonyl (C=O) groups is 2. The smallest absolute Gasteiger partial charge is 0.321 e. The van der Waals surface area contributed by atoms with E-state index < -0.39 is 0 Å². The molecule has 0 unspecified atom stereocenters. The molecule has 2 heterocycles. The number of Topliss-reactive ketones (excluding diaryl/α,β-unsaturated/α-hetero) is 1. The van der Waals surface area contributed by atoms with Crippen molar-refractivity contribution in [3.05, 3.63) is 77.5 Å². The number of rotatable bonds is 5. The second kappa shape index (κ2) is 14.3. The summed E-state index contributed by atoms with van der Waals surface area (Å²) in [5, 5.41) is 7.15. The molecule has 0 atom stereocenters. The van der Waals surface area contributed by atoms with Gasteiger partial charge in [0.1, 0.15) is 5.69 Å². The van der Waals surface area contributed by atoms with Gasteiger partial charge in [-0.2, -0.15) is 0 Å². The molecule has 0 bridgehead atoms. The van der Waals surface area contributed by atoms with Gasteiger partial charge in [0.25, 0.3) is 0 Å². The van der Waals surface area contributed by atoms with E-state index in [9.17, 15) is 9.59 Å². The van der Waals surface area contributed by atoms with Crippen molar-refractivity contribution in [3.63, 3.8) is 0 Å². The Bertz CT molecular complexity index is 1350. The third kappa shape index (κ3) is 8.18. The van der Waals surface area contributed by atoms with Crippen molar-refractivity contribution < 1.29 is 9.59 Å². The number of hydrogen-bond donors (Lipinski definition) is 2. The first kappa shape index (κ1) is 30.3. The van der Waals surface area contributed by atoms with Crippen LogP contribution in [0.1, 0.15) is 92.7 Å². The van der Waals surface area contributed by atoms with E-state index in [1.165, 1.54) is 36.8 Å². The van der Waals surface area contributed by atoms with Gasteiger partial charge in [-0.15, -0.1) is 0 Å². The van der Waals surface area contributed by atoms with E-state index in [1.54, 1.807) is 0 Å². The Kier molecular flexibility index (Phi) is 10.6. The monoisotopic (exact) mass is 554 g/mol. The average molecular weight is 555 g/mol. The summed E-state index contributed by atoms with van der Waals surface area (Å²) in [4.78, 5) is 30.5. The van der Waals surface area contributed by atoms with Gasteiger partial charge < -0.3 is 15.5 Å². The van der Waals surface area contributed by atoms with Crippen LogP contribution in [0.25, 0.3) is 10.9 Å². The van der Waals surface area contributed by atoms with Gasteiger partial charge in [0.15, 0.2) is 5.78 Å². The van der Waals surface area contributed by atoms with Crippen molar-refractivity contribution in [2.75, 3.05) is 30.8 Å². The normalized spacial score (nSPS) is 16.1. The molecule has 6 nitrogen and oxygen atoms in total. The molecule has 3 aromatic rings. The van der Waals surface area contributed by atoms with Gasteiger partial charge in [0, 0.05) is 42.8 Å². The molecule has 2 saturated carbocycles. The maximum absolute atomic E-state index is 12.2. The van der Waals surface area contributed by atoms with Crippen molar-refractivity contribution >= 4 is 34.1 Å². The van der Waals surface area contributed by atoms with E-state index in [0.717, 1.165) is 66.6 Å². The second-order valence-electron chi connectivity index (χ2n) is 11.8. The Hall–Kier alpha value is -3.67. The van der Waals surface area contributed by atoms with Crippen LogP contribution in [0.15, 0.2) is 60.7 Å². The van der Waals surface area contributed by atoms with Gasteiger partial charge >= 0.3 is 6.03 Å². The Morgan fingerprint density at radius 3 is 2.10 bits per heavy atom. The van der Waals surface area contributed by atoms with Crippen molar-refractivity contribution in [2.24, 2.45) is 5.92 Å². The number of anilines is 2. The molecule has 3 aliphatic rings. The predicted molar refractivity (Wildman–Crippen MR) is 171 cm³/mol.